The second-order valence-electron chi connectivity index (χ2n) is 8.55. The number of methoxy groups -OCH3 is 1. The van der Waals surface area contributed by atoms with Gasteiger partial charge in [-0.2, -0.15) is 5.10 Å². The quantitative estimate of drug-likeness (QED) is 0.317. The lowest BCUT2D eigenvalue weighted by atomic mass is 10.1. The molecule has 1 N–H and O–H groups in total. The van der Waals surface area contributed by atoms with Crippen LogP contribution in [0, 0.1) is 12.8 Å². The lowest BCUT2D eigenvalue weighted by molar-refractivity contribution is -0.122. The van der Waals surface area contributed by atoms with Crippen molar-refractivity contribution in [2.24, 2.45) is 11.0 Å². The number of ether oxygens (including phenoxy) is 1. The number of hydrogen-bond acceptors (Lipinski definition) is 3. The molecule has 1 heterocycles. The zero-order valence-corrected chi connectivity index (χ0v) is 18.9. The van der Waals surface area contributed by atoms with Crippen LogP contribution in [0.3, 0.4) is 0 Å². The Balaban J connectivity index is 1.38. The van der Waals surface area contributed by atoms with Gasteiger partial charge in [-0.3, -0.25) is 4.79 Å². The first-order chi connectivity index (χ1) is 16.2. The minimum absolute atomic E-state index is 0.00911. The van der Waals surface area contributed by atoms with E-state index in [9.17, 15) is 4.79 Å². The summed E-state index contributed by atoms with van der Waals surface area (Å²) < 4.78 is 7.73. The van der Waals surface area contributed by atoms with Crippen LogP contribution in [-0.4, -0.2) is 23.8 Å². The molecular weight excluding hydrogens is 410 g/mol. The van der Waals surface area contributed by atoms with Crippen molar-refractivity contribution in [1.82, 2.24) is 9.99 Å². The maximum Gasteiger partial charge on any atom is 0.243 e. The Labute approximate surface area is 193 Å². The Kier molecular flexibility index (Phi) is 5.69. The summed E-state index contributed by atoms with van der Waals surface area (Å²) in [4.78, 5) is 12.6. The first kappa shape index (κ1) is 21.0. The van der Waals surface area contributed by atoms with Crippen molar-refractivity contribution in [3.63, 3.8) is 0 Å². The van der Waals surface area contributed by atoms with Gasteiger partial charge in [0.25, 0.3) is 0 Å². The highest BCUT2D eigenvalue weighted by Crippen LogP contribution is 2.47. The minimum atomic E-state index is -0.0247. The average molecular weight is 438 g/mol. The molecule has 1 fully saturated rings. The molecule has 1 amide bonds. The van der Waals surface area contributed by atoms with Gasteiger partial charge in [0.2, 0.25) is 5.91 Å². The van der Waals surface area contributed by atoms with Crippen molar-refractivity contribution in [1.29, 1.82) is 0 Å². The highest BCUT2D eigenvalue weighted by Gasteiger charge is 2.43. The first-order valence-corrected chi connectivity index (χ1v) is 11.2. The lowest BCUT2D eigenvalue weighted by Crippen LogP contribution is -2.20. The zero-order valence-electron chi connectivity index (χ0n) is 18.9. The van der Waals surface area contributed by atoms with E-state index in [4.69, 9.17) is 4.74 Å². The first-order valence-electron chi connectivity index (χ1n) is 11.2. The number of fused-ring (bicyclic) bond motifs is 1. The smallest absolute Gasteiger partial charge is 0.243 e. The Morgan fingerprint density at radius 2 is 1.82 bits per heavy atom. The van der Waals surface area contributed by atoms with Gasteiger partial charge in [0.1, 0.15) is 5.75 Å². The zero-order chi connectivity index (χ0) is 22.8. The molecule has 3 aromatic carbocycles. The van der Waals surface area contributed by atoms with Crippen LogP contribution in [0.5, 0.6) is 5.75 Å². The summed E-state index contributed by atoms with van der Waals surface area (Å²) in [5.74, 6) is 1.05. The van der Waals surface area contributed by atoms with Gasteiger partial charge in [-0.25, -0.2) is 5.43 Å². The van der Waals surface area contributed by atoms with Gasteiger partial charge in [-0.15, -0.1) is 0 Å². The molecule has 5 rings (SSSR count). The molecule has 0 radical (unpaired) electrons. The molecule has 5 heteroatoms. The van der Waals surface area contributed by atoms with Gasteiger partial charge < -0.3 is 9.30 Å². The summed E-state index contributed by atoms with van der Waals surface area (Å²) in [6.07, 6.45) is 2.63. The average Bonchev–Trinajstić information content (AvgIpc) is 3.63. The van der Waals surface area contributed by atoms with Crippen LogP contribution < -0.4 is 10.2 Å². The fourth-order valence-electron chi connectivity index (χ4n) is 4.54. The van der Waals surface area contributed by atoms with Gasteiger partial charge in [0.05, 0.1) is 13.3 Å². The summed E-state index contributed by atoms with van der Waals surface area (Å²) in [6, 6.07) is 26.7. The molecule has 1 saturated carbocycles. The molecule has 5 nitrogen and oxygen atoms in total. The number of nitrogens with one attached hydrogen (secondary N) is 1. The highest BCUT2D eigenvalue weighted by atomic mass is 16.5. The van der Waals surface area contributed by atoms with Crippen molar-refractivity contribution in [3.05, 3.63) is 101 Å². The Bertz CT molecular complexity index is 1310. The maximum absolute atomic E-state index is 12.6. The number of amides is 1. The van der Waals surface area contributed by atoms with E-state index in [1.165, 1.54) is 11.1 Å². The van der Waals surface area contributed by atoms with Crippen LogP contribution >= 0.6 is 0 Å². The third kappa shape index (κ3) is 4.27. The van der Waals surface area contributed by atoms with Crippen molar-refractivity contribution < 1.29 is 9.53 Å². The van der Waals surface area contributed by atoms with E-state index in [-0.39, 0.29) is 11.8 Å². The van der Waals surface area contributed by atoms with E-state index in [2.05, 4.69) is 64.5 Å². The van der Waals surface area contributed by atoms with Crippen LogP contribution in [0.25, 0.3) is 10.9 Å². The maximum atomic E-state index is 12.6. The normalized spacial score (nSPS) is 17.4. The summed E-state index contributed by atoms with van der Waals surface area (Å²) >= 11 is 0. The molecule has 2 unspecified atom stereocenters. The van der Waals surface area contributed by atoms with E-state index in [1.54, 1.807) is 13.3 Å². The summed E-state index contributed by atoms with van der Waals surface area (Å²) in [5, 5.41) is 5.39. The second kappa shape index (κ2) is 8.94. The number of aromatic nitrogens is 1. The van der Waals surface area contributed by atoms with Gasteiger partial charge in [-0.1, -0.05) is 60.7 Å². The molecule has 4 aromatic rings. The second-order valence-corrected chi connectivity index (χ2v) is 8.55. The molecule has 0 saturated heterocycles. The van der Waals surface area contributed by atoms with Crippen molar-refractivity contribution in [2.75, 3.05) is 7.11 Å². The van der Waals surface area contributed by atoms with E-state index >= 15 is 0 Å². The fraction of sp³-hybridized carbons (Fsp3) is 0.214. The number of carbonyl (C=O) groups is 1. The monoisotopic (exact) mass is 437 g/mol. The minimum Gasteiger partial charge on any atom is -0.497 e. The number of rotatable bonds is 7. The summed E-state index contributed by atoms with van der Waals surface area (Å²) in [6.45, 7) is 2.85. The number of carbonyl (C=O) groups excluding carboxylic acids is 1. The molecule has 166 valence electrons. The predicted molar refractivity (Wildman–Crippen MR) is 132 cm³/mol. The molecule has 0 aliphatic heterocycles. The molecule has 0 spiro atoms. The molecule has 1 aromatic heterocycles. The number of nitrogens with zero attached hydrogens (tertiary/aromatic N) is 2. The SMILES string of the molecule is COc1ccc2c(c1)c(C=NNC(=O)C1CC1c1ccccc1)c(C)n2Cc1ccccc1. The third-order valence-electron chi connectivity index (χ3n) is 6.49. The van der Waals surface area contributed by atoms with Gasteiger partial charge >= 0.3 is 0 Å². The molecule has 2 atom stereocenters. The van der Waals surface area contributed by atoms with E-state index in [0.29, 0.717) is 5.92 Å². The number of hydrogen-bond donors (Lipinski definition) is 1. The fourth-order valence-corrected chi connectivity index (χ4v) is 4.54. The van der Waals surface area contributed by atoms with Crippen LogP contribution in [-0.2, 0) is 11.3 Å². The molecular formula is C28H27N3O2. The Hall–Kier alpha value is -3.86. The van der Waals surface area contributed by atoms with Crippen LogP contribution in [0.1, 0.15) is 34.7 Å². The topological polar surface area (TPSA) is 55.6 Å². The number of hydrazone groups is 1. The largest absolute Gasteiger partial charge is 0.497 e. The van der Waals surface area contributed by atoms with Crippen molar-refractivity contribution >= 4 is 23.0 Å². The lowest BCUT2D eigenvalue weighted by Gasteiger charge is -2.09. The summed E-state index contributed by atoms with van der Waals surface area (Å²) in [5.41, 5.74) is 8.39. The molecule has 1 aliphatic carbocycles. The standard InChI is InChI=1S/C28H27N3O2/c1-19-26(17-29-30-28(32)25-16-23(25)21-11-7-4-8-12-21)24-15-22(33-2)13-14-27(24)31(19)18-20-9-5-3-6-10-20/h3-15,17,23,25H,16,18H2,1-2H3,(H,30,32). The van der Waals surface area contributed by atoms with Gasteiger partial charge in [0, 0.05) is 34.6 Å². The van der Waals surface area contributed by atoms with E-state index in [0.717, 1.165) is 40.9 Å². The van der Waals surface area contributed by atoms with Crippen LogP contribution in [0.2, 0.25) is 0 Å². The van der Waals surface area contributed by atoms with Gasteiger partial charge in [0.15, 0.2) is 0 Å². The van der Waals surface area contributed by atoms with E-state index < -0.39 is 0 Å². The van der Waals surface area contributed by atoms with Crippen molar-refractivity contribution in [3.8, 4) is 5.75 Å². The predicted octanol–water partition coefficient (Wildman–Crippen LogP) is 5.26. The summed E-state index contributed by atoms with van der Waals surface area (Å²) in [7, 11) is 1.67. The molecule has 1 aliphatic rings. The third-order valence-corrected chi connectivity index (χ3v) is 6.49. The van der Waals surface area contributed by atoms with Gasteiger partial charge in [-0.05, 0) is 48.6 Å². The number of benzene rings is 3. The Morgan fingerprint density at radius 3 is 2.55 bits per heavy atom. The van der Waals surface area contributed by atoms with E-state index in [1.807, 2.05) is 36.4 Å². The molecule has 33 heavy (non-hydrogen) atoms. The van der Waals surface area contributed by atoms with Crippen LogP contribution in [0.15, 0.2) is 84.0 Å². The van der Waals surface area contributed by atoms with Crippen LogP contribution in [0.4, 0.5) is 0 Å². The highest BCUT2D eigenvalue weighted by molar-refractivity contribution is 6.02. The molecule has 0 bridgehead atoms. The Morgan fingerprint density at radius 1 is 1.09 bits per heavy atom. The van der Waals surface area contributed by atoms with Crippen molar-refractivity contribution in [2.45, 2.75) is 25.8 Å².